The van der Waals surface area contributed by atoms with E-state index in [-0.39, 0.29) is 23.9 Å². The Balaban J connectivity index is 1.83. The molecule has 0 unspecified atom stereocenters. The number of carbonyl (C=O) groups excluding carboxylic acids is 3. The van der Waals surface area contributed by atoms with Gasteiger partial charge in [0.25, 0.3) is 5.91 Å². The molecule has 202 valence electrons. The average Bonchev–Trinajstić information content (AvgIpc) is 2.87. The third kappa shape index (κ3) is 6.80. The molecule has 0 saturated carbocycles. The van der Waals surface area contributed by atoms with Crippen molar-refractivity contribution >= 4 is 62.9 Å². The van der Waals surface area contributed by atoms with Crippen LogP contribution >= 0.6 is 22.6 Å². The monoisotopic (exact) mass is 631 g/mol. The van der Waals surface area contributed by atoms with E-state index in [4.69, 9.17) is 4.98 Å². The fourth-order valence-corrected chi connectivity index (χ4v) is 4.83. The van der Waals surface area contributed by atoms with E-state index in [1.165, 1.54) is 18.7 Å². The number of anilines is 2. The molecule has 0 saturated heterocycles. The van der Waals surface area contributed by atoms with Gasteiger partial charge < -0.3 is 19.5 Å². The van der Waals surface area contributed by atoms with E-state index in [2.05, 4.69) is 42.4 Å². The minimum atomic E-state index is -0.635. The molecule has 0 N–H and O–H groups in total. The summed E-state index contributed by atoms with van der Waals surface area (Å²) in [6.07, 6.45) is 2.30. The van der Waals surface area contributed by atoms with Crippen LogP contribution in [-0.2, 0) is 20.6 Å². The fourth-order valence-electron chi connectivity index (χ4n) is 4.22. The topological polar surface area (TPSA) is 112 Å². The van der Waals surface area contributed by atoms with Crippen molar-refractivity contribution in [3.63, 3.8) is 0 Å². The van der Waals surface area contributed by atoms with E-state index in [0.29, 0.717) is 40.1 Å². The largest absolute Gasteiger partial charge is 0.368 e. The smallest absolute Gasteiger partial charge is 0.254 e. The van der Waals surface area contributed by atoms with E-state index in [9.17, 15) is 14.4 Å². The molecule has 0 bridgehead atoms. The molecule has 1 aromatic carbocycles. The Morgan fingerprint density at radius 3 is 2.34 bits per heavy atom. The number of aromatic nitrogens is 4. The number of alkyl halides is 1. The molecule has 1 amide bonds. The molecular weight excluding hydrogens is 597 g/mol. The van der Waals surface area contributed by atoms with Gasteiger partial charge in [0.1, 0.15) is 11.3 Å². The maximum absolute atomic E-state index is 13.2. The van der Waals surface area contributed by atoms with Crippen molar-refractivity contribution in [2.24, 2.45) is 0 Å². The fraction of sp³-hybridized carbons (Fsp3) is 0.444. The molecule has 0 aliphatic heterocycles. The first-order valence-electron chi connectivity index (χ1n) is 12.3. The molecule has 3 aromatic rings. The number of hydrogen-bond acceptors (Lipinski definition) is 9. The maximum Gasteiger partial charge on any atom is 0.254 e. The number of nitrogens with zero attached hydrogens (tertiary/aromatic N) is 7. The normalized spacial score (nSPS) is 11.8. The lowest BCUT2D eigenvalue weighted by Gasteiger charge is -2.27. The van der Waals surface area contributed by atoms with Gasteiger partial charge in [0, 0.05) is 50.3 Å². The van der Waals surface area contributed by atoms with Crippen LogP contribution in [0.4, 0.5) is 11.6 Å². The molecule has 0 radical (unpaired) electrons. The molecule has 0 aliphatic carbocycles. The summed E-state index contributed by atoms with van der Waals surface area (Å²) in [5.74, 6) is 0.202. The zero-order valence-corrected chi connectivity index (χ0v) is 25.1. The lowest BCUT2D eigenvalue weighted by Crippen LogP contribution is -2.41. The van der Waals surface area contributed by atoms with Gasteiger partial charge in [-0.05, 0) is 51.0 Å². The average molecular weight is 632 g/mol. The number of carbonyl (C=O) groups is 3. The predicted molar refractivity (Wildman–Crippen MR) is 157 cm³/mol. The molecule has 38 heavy (non-hydrogen) atoms. The summed E-state index contributed by atoms with van der Waals surface area (Å²) in [7, 11) is 7.35. The molecule has 0 fully saturated rings. The van der Waals surface area contributed by atoms with E-state index >= 15 is 0 Å². The van der Waals surface area contributed by atoms with Crippen LogP contribution in [0.15, 0.2) is 24.4 Å². The Morgan fingerprint density at radius 2 is 1.74 bits per heavy atom. The Morgan fingerprint density at radius 1 is 1.03 bits per heavy atom. The van der Waals surface area contributed by atoms with Crippen molar-refractivity contribution < 1.29 is 14.4 Å². The Labute approximate surface area is 237 Å². The van der Waals surface area contributed by atoms with Gasteiger partial charge in [-0.15, -0.1) is 0 Å². The van der Waals surface area contributed by atoms with Gasteiger partial charge in [0.05, 0.1) is 30.2 Å². The third-order valence-electron chi connectivity index (χ3n) is 6.33. The summed E-state index contributed by atoms with van der Waals surface area (Å²) in [5.41, 5.74) is 5.22. The molecule has 3 rings (SSSR count). The first-order valence-corrected chi connectivity index (χ1v) is 13.8. The second kappa shape index (κ2) is 12.5. The SMILES string of the molecule is CC(=O)CC[C@@H](C(C)=O)N(C)C(=O)c1ccc(N(C)Cc2cnc3nc(N(C)C)nc(C)c3n2)c(CI)c1. The van der Waals surface area contributed by atoms with Crippen LogP contribution in [0, 0.1) is 6.92 Å². The number of likely N-dealkylation sites (N-methyl/N-ethyl adjacent to an activating group) is 1. The molecule has 0 aliphatic rings. The molecule has 0 spiro atoms. The number of benzene rings is 1. The van der Waals surface area contributed by atoms with E-state index in [0.717, 1.165) is 22.6 Å². The highest BCUT2D eigenvalue weighted by Crippen LogP contribution is 2.26. The van der Waals surface area contributed by atoms with Crippen LogP contribution in [-0.4, -0.2) is 76.5 Å². The van der Waals surface area contributed by atoms with Crippen LogP contribution in [0.25, 0.3) is 11.2 Å². The zero-order chi connectivity index (χ0) is 28.1. The van der Waals surface area contributed by atoms with Gasteiger partial charge in [-0.1, -0.05) is 22.6 Å². The highest BCUT2D eigenvalue weighted by molar-refractivity contribution is 14.1. The molecule has 2 heterocycles. The Kier molecular flexibility index (Phi) is 9.69. The summed E-state index contributed by atoms with van der Waals surface area (Å²) in [6.45, 7) is 5.34. The third-order valence-corrected chi connectivity index (χ3v) is 7.15. The van der Waals surface area contributed by atoms with E-state index in [1.807, 2.05) is 45.1 Å². The number of ketones is 2. The number of hydrogen-bond donors (Lipinski definition) is 0. The van der Waals surface area contributed by atoms with Gasteiger partial charge in [-0.25, -0.2) is 15.0 Å². The first-order chi connectivity index (χ1) is 17.9. The second-order valence-corrected chi connectivity index (χ2v) is 10.4. The Bertz CT molecular complexity index is 1360. The minimum absolute atomic E-state index is 0.00575. The molecule has 10 nitrogen and oxygen atoms in total. The van der Waals surface area contributed by atoms with Gasteiger partial charge in [-0.2, -0.15) is 4.98 Å². The van der Waals surface area contributed by atoms with E-state index in [1.54, 1.807) is 19.3 Å². The predicted octanol–water partition coefficient (Wildman–Crippen LogP) is 3.76. The number of halogens is 1. The van der Waals surface area contributed by atoms with E-state index < -0.39 is 6.04 Å². The quantitative estimate of drug-likeness (QED) is 0.231. The summed E-state index contributed by atoms with van der Waals surface area (Å²) >= 11 is 2.28. The Hall–Kier alpha value is -3.22. The summed E-state index contributed by atoms with van der Waals surface area (Å²) in [4.78, 5) is 60.5. The molecule has 1 atom stereocenters. The summed E-state index contributed by atoms with van der Waals surface area (Å²) < 4.78 is 0.687. The van der Waals surface area contributed by atoms with Gasteiger partial charge in [-0.3, -0.25) is 9.59 Å². The van der Waals surface area contributed by atoms with Crippen LogP contribution in [0.5, 0.6) is 0 Å². The highest BCUT2D eigenvalue weighted by Gasteiger charge is 2.26. The molecule has 11 heteroatoms. The highest BCUT2D eigenvalue weighted by atomic mass is 127. The number of rotatable bonds is 11. The first kappa shape index (κ1) is 29.3. The lowest BCUT2D eigenvalue weighted by molar-refractivity contribution is -0.122. The standard InChI is InChI=1S/C27H34IN7O3/c1-16(36)8-10-22(18(3)37)35(7)26(38)19-9-11-23(20(12-19)13-28)34(6)15-21-14-29-25-24(31-21)17(2)30-27(32-25)33(4)5/h9,11-12,14,22H,8,10,13,15H2,1-7H3/t22-/m0/s1. The van der Waals surface area contributed by atoms with Crippen molar-refractivity contribution in [3.8, 4) is 0 Å². The lowest BCUT2D eigenvalue weighted by atomic mass is 10.0. The van der Waals surface area contributed by atoms with Crippen LogP contribution < -0.4 is 9.80 Å². The number of amides is 1. The number of fused-ring (bicyclic) bond motifs is 1. The van der Waals surface area contributed by atoms with Crippen molar-refractivity contribution in [3.05, 3.63) is 46.9 Å². The van der Waals surface area contributed by atoms with Crippen LogP contribution in [0.3, 0.4) is 0 Å². The summed E-state index contributed by atoms with van der Waals surface area (Å²) in [5, 5.41) is 0. The number of Topliss-reactive ketones (excluding diaryl/α,β-unsaturated/α-hetero) is 2. The van der Waals surface area contributed by atoms with Crippen molar-refractivity contribution in [2.45, 2.75) is 50.6 Å². The second-order valence-electron chi connectivity index (χ2n) is 9.65. The van der Waals surface area contributed by atoms with Gasteiger partial charge >= 0.3 is 0 Å². The van der Waals surface area contributed by atoms with Crippen LogP contribution in [0.2, 0.25) is 0 Å². The van der Waals surface area contributed by atoms with Gasteiger partial charge in [0.15, 0.2) is 11.4 Å². The van der Waals surface area contributed by atoms with Crippen molar-refractivity contribution in [1.82, 2.24) is 24.8 Å². The van der Waals surface area contributed by atoms with Crippen molar-refractivity contribution in [1.29, 1.82) is 0 Å². The van der Waals surface area contributed by atoms with Crippen molar-refractivity contribution in [2.75, 3.05) is 38.0 Å². The molecule has 2 aromatic heterocycles. The maximum atomic E-state index is 13.2. The molecular formula is C27H34IN7O3. The van der Waals surface area contributed by atoms with Gasteiger partial charge in [0.2, 0.25) is 5.95 Å². The van der Waals surface area contributed by atoms with Crippen LogP contribution in [0.1, 0.15) is 54.0 Å². The summed E-state index contributed by atoms with van der Waals surface area (Å²) in [6, 6.07) is 4.92. The number of aryl methyl sites for hydroxylation is 1. The minimum Gasteiger partial charge on any atom is -0.368 e. The zero-order valence-electron chi connectivity index (χ0n) is 22.9.